The number of nitrogens with one attached hydrogen (secondary N) is 1. The molecule has 1 aliphatic carbocycles. The van der Waals surface area contributed by atoms with E-state index in [2.05, 4.69) is 5.32 Å². The standard InChI is InChI=1S/C18H18FNO/c1-13(2)16-12-15(10-11-17(16)19)20-18(21)14-8-6-4-3-5-7-9-14/h3-13H,1-2H3,(H,20,21)/b4-3-,5-3?,6-4?,7-5-,8-6?,9-7?,14-8?,14-9?. The van der Waals surface area contributed by atoms with Crippen molar-refractivity contribution in [1.29, 1.82) is 0 Å². The maximum atomic E-state index is 13.7. The first-order valence-corrected chi connectivity index (χ1v) is 6.90. The molecule has 0 radical (unpaired) electrons. The van der Waals surface area contributed by atoms with Crippen molar-refractivity contribution in [1.82, 2.24) is 0 Å². The second-order valence-corrected chi connectivity index (χ2v) is 5.10. The molecule has 2 rings (SSSR count). The Balaban J connectivity index is 2.18. The van der Waals surface area contributed by atoms with Gasteiger partial charge < -0.3 is 5.32 Å². The van der Waals surface area contributed by atoms with E-state index in [1.165, 1.54) is 6.07 Å². The van der Waals surface area contributed by atoms with E-state index in [0.29, 0.717) is 16.8 Å². The van der Waals surface area contributed by atoms with Crippen LogP contribution in [0.4, 0.5) is 10.1 Å². The van der Waals surface area contributed by atoms with Crippen LogP contribution in [0.15, 0.2) is 66.3 Å². The fourth-order valence-electron chi connectivity index (χ4n) is 1.99. The number of carbonyl (C=O) groups is 1. The first-order valence-electron chi connectivity index (χ1n) is 6.90. The first-order chi connectivity index (χ1) is 10.1. The van der Waals surface area contributed by atoms with Crippen LogP contribution in [-0.2, 0) is 4.79 Å². The molecule has 2 nitrogen and oxygen atoms in total. The molecule has 0 aromatic heterocycles. The number of rotatable bonds is 3. The summed E-state index contributed by atoms with van der Waals surface area (Å²) in [6.45, 7) is 3.84. The molecule has 0 saturated heterocycles. The molecule has 1 N–H and O–H groups in total. The molecule has 0 saturated carbocycles. The van der Waals surface area contributed by atoms with E-state index >= 15 is 0 Å². The topological polar surface area (TPSA) is 29.1 Å². The van der Waals surface area contributed by atoms with Gasteiger partial charge in [0.1, 0.15) is 5.82 Å². The largest absolute Gasteiger partial charge is 0.322 e. The number of amides is 1. The van der Waals surface area contributed by atoms with E-state index in [1.807, 2.05) is 32.1 Å². The van der Waals surface area contributed by atoms with Crippen molar-refractivity contribution in [2.45, 2.75) is 19.8 Å². The maximum absolute atomic E-state index is 13.7. The van der Waals surface area contributed by atoms with Gasteiger partial charge in [0, 0.05) is 11.3 Å². The predicted octanol–water partition coefficient (Wildman–Crippen LogP) is 4.50. The lowest BCUT2D eigenvalue weighted by Gasteiger charge is -2.11. The zero-order valence-corrected chi connectivity index (χ0v) is 12.1. The minimum atomic E-state index is -0.249. The summed E-state index contributed by atoms with van der Waals surface area (Å²) in [7, 11) is 0. The molecule has 0 fully saturated rings. The van der Waals surface area contributed by atoms with E-state index < -0.39 is 0 Å². The van der Waals surface area contributed by atoms with Crippen molar-refractivity contribution < 1.29 is 9.18 Å². The Morgan fingerprint density at radius 3 is 2.57 bits per heavy atom. The highest BCUT2D eigenvalue weighted by Gasteiger charge is 2.10. The summed E-state index contributed by atoms with van der Waals surface area (Å²) < 4.78 is 13.7. The Hall–Kier alpha value is -2.42. The fraction of sp³-hybridized carbons (Fsp3) is 0.167. The minimum absolute atomic E-state index is 0.0652. The molecule has 1 aromatic carbocycles. The lowest BCUT2D eigenvalue weighted by atomic mass is 10.0. The van der Waals surface area contributed by atoms with Gasteiger partial charge in [0.05, 0.1) is 0 Å². The molecule has 3 heteroatoms. The number of halogens is 1. The highest BCUT2D eigenvalue weighted by Crippen LogP contribution is 2.22. The fourth-order valence-corrected chi connectivity index (χ4v) is 1.99. The van der Waals surface area contributed by atoms with E-state index in [-0.39, 0.29) is 17.6 Å². The van der Waals surface area contributed by atoms with Crippen molar-refractivity contribution in [3.05, 3.63) is 77.7 Å². The number of hydrogen-bond donors (Lipinski definition) is 1. The van der Waals surface area contributed by atoms with Crippen LogP contribution in [0, 0.1) is 5.82 Å². The number of allylic oxidation sites excluding steroid dienone is 6. The predicted molar refractivity (Wildman–Crippen MR) is 84.6 cm³/mol. The summed E-state index contributed by atoms with van der Waals surface area (Å²) in [5.74, 6) is -0.399. The molecule has 0 heterocycles. The average Bonchev–Trinajstić information content (AvgIpc) is 2.40. The molecule has 0 aliphatic heterocycles. The zero-order chi connectivity index (χ0) is 15.2. The van der Waals surface area contributed by atoms with Gasteiger partial charge in [-0.05, 0) is 41.8 Å². The lowest BCUT2D eigenvalue weighted by molar-refractivity contribution is -0.112. The van der Waals surface area contributed by atoms with Gasteiger partial charge in [-0.2, -0.15) is 0 Å². The van der Waals surface area contributed by atoms with Crippen LogP contribution in [0.5, 0.6) is 0 Å². The van der Waals surface area contributed by atoms with Gasteiger partial charge in [0.15, 0.2) is 0 Å². The van der Waals surface area contributed by atoms with Gasteiger partial charge in [-0.15, -0.1) is 0 Å². The smallest absolute Gasteiger partial charge is 0.255 e. The van der Waals surface area contributed by atoms with Gasteiger partial charge in [-0.1, -0.05) is 44.2 Å². The summed E-state index contributed by atoms with van der Waals surface area (Å²) in [5, 5.41) is 2.80. The molecule has 0 spiro atoms. The van der Waals surface area contributed by atoms with Crippen LogP contribution in [0.1, 0.15) is 25.3 Å². The van der Waals surface area contributed by atoms with Crippen molar-refractivity contribution >= 4 is 11.6 Å². The summed E-state index contributed by atoms with van der Waals surface area (Å²) in [5.41, 5.74) is 1.74. The van der Waals surface area contributed by atoms with Crippen molar-refractivity contribution in [3.63, 3.8) is 0 Å². The average molecular weight is 283 g/mol. The molecular formula is C18H18FNO. The van der Waals surface area contributed by atoms with Gasteiger partial charge in [-0.25, -0.2) is 4.39 Å². The number of hydrogen-bond acceptors (Lipinski definition) is 1. The Morgan fingerprint density at radius 1 is 1.10 bits per heavy atom. The second kappa shape index (κ2) is 6.84. The Morgan fingerprint density at radius 2 is 1.81 bits per heavy atom. The molecule has 0 unspecified atom stereocenters. The molecule has 0 atom stereocenters. The Kier molecular flexibility index (Phi) is 4.88. The third kappa shape index (κ3) is 4.02. The molecule has 0 bridgehead atoms. The first kappa shape index (κ1) is 15.0. The van der Waals surface area contributed by atoms with E-state index in [9.17, 15) is 9.18 Å². The lowest BCUT2D eigenvalue weighted by Crippen LogP contribution is -2.13. The minimum Gasteiger partial charge on any atom is -0.322 e. The van der Waals surface area contributed by atoms with Crippen molar-refractivity contribution in [2.75, 3.05) is 5.32 Å². The molecule has 21 heavy (non-hydrogen) atoms. The van der Waals surface area contributed by atoms with E-state index in [1.54, 1.807) is 36.4 Å². The van der Waals surface area contributed by atoms with Gasteiger partial charge in [0.2, 0.25) is 0 Å². The number of anilines is 1. The normalized spacial score (nSPS) is 16.9. The highest BCUT2D eigenvalue weighted by atomic mass is 19.1. The molecule has 108 valence electrons. The van der Waals surface area contributed by atoms with Crippen LogP contribution in [0.25, 0.3) is 0 Å². The summed E-state index contributed by atoms with van der Waals surface area (Å²) in [4.78, 5) is 12.2. The number of carbonyl (C=O) groups excluding carboxylic acids is 1. The van der Waals surface area contributed by atoms with Crippen LogP contribution in [-0.4, -0.2) is 5.91 Å². The quantitative estimate of drug-likeness (QED) is 0.869. The number of benzene rings is 1. The monoisotopic (exact) mass is 283 g/mol. The van der Waals surface area contributed by atoms with Crippen molar-refractivity contribution in [3.8, 4) is 0 Å². The highest BCUT2D eigenvalue weighted by molar-refractivity contribution is 6.06. The van der Waals surface area contributed by atoms with Crippen LogP contribution in [0.2, 0.25) is 0 Å². The van der Waals surface area contributed by atoms with Gasteiger partial charge >= 0.3 is 0 Å². The van der Waals surface area contributed by atoms with E-state index in [0.717, 1.165) is 0 Å². The third-order valence-electron chi connectivity index (χ3n) is 3.13. The van der Waals surface area contributed by atoms with Crippen LogP contribution < -0.4 is 5.32 Å². The van der Waals surface area contributed by atoms with Crippen LogP contribution in [0.3, 0.4) is 0 Å². The van der Waals surface area contributed by atoms with Crippen molar-refractivity contribution in [2.24, 2.45) is 0 Å². The molecule has 1 aliphatic rings. The van der Waals surface area contributed by atoms with Gasteiger partial charge in [-0.3, -0.25) is 4.79 Å². The second-order valence-electron chi connectivity index (χ2n) is 5.10. The summed E-state index contributed by atoms with van der Waals surface area (Å²) >= 11 is 0. The Bertz CT molecular complexity index is 651. The zero-order valence-electron chi connectivity index (χ0n) is 12.1. The van der Waals surface area contributed by atoms with Crippen LogP contribution >= 0.6 is 0 Å². The molecular weight excluding hydrogens is 265 g/mol. The summed E-state index contributed by atoms with van der Waals surface area (Å²) in [6.07, 6.45) is 12.7. The Labute approximate surface area is 124 Å². The molecule has 1 amide bonds. The molecule has 1 aromatic rings. The van der Waals surface area contributed by atoms with Gasteiger partial charge in [0.25, 0.3) is 5.91 Å². The SMILES string of the molecule is CC(C)c1cc(NC(=O)C2=C/C=C\C=C/C=C2)ccc1F. The maximum Gasteiger partial charge on any atom is 0.255 e. The summed E-state index contributed by atoms with van der Waals surface area (Å²) in [6, 6.07) is 4.64. The van der Waals surface area contributed by atoms with E-state index in [4.69, 9.17) is 0 Å². The third-order valence-corrected chi connectivity index (χ3v) is 3.13.